The number of aliphatic hydroxyl groups excluding tert-OH is 4. The third-order valence-corrected chi connectivity index (χ3v) is 11.5. The molecule has 4 N–H and O–H groups in total. The van der Waals surface area contributed by atoms with Crippen LogP contribution in [0, 0.1) is 0 Å². The third kappa shape index (κ3) is 33.2. The van der Waals surface area contributed by atoms with Gasteiger partial charge in [0.05, 0.1) is 13.2 Å². The van der Waals surface area contributed by atoms with Crippen molar-refractivity contribution in [3.8, 4) is 0 Å². The highest BCUT2D eigenvalue weighted by Crippen LogP contribution is 2.23. The average Bonchev–Trinajstić information content (AvgIpc) is 3.27. The second-order valence-electron chi connectivity index (χ2n) is 17.3. The topological polar surface area (TPSA) is 152 Å². The van der Waals surface area contributed by atoms with Gasteiger partial charge in [0.2, 0.25) is 0 Å². The maximum atomic E-state index is 12.8. The summed E-state index contributed by atoms with van der Waals surface area (Å²) in [5.74, 6) is -0.836. The van der Waals surface area contributed by atoms with E-state index < -0.39 is 55.4 Å². The van der Waals surface area contributed by atoms with E-state index in [0.717, 1.165) is 57.8 Å². The first-order chi connectivity index (χ1) is 30.3. The van der Waals surface area contributed by atoms with Gasteiger partial charge < -0.3 is 39.4 Å². The minimum atomic E-state index is -1.60. The van der Waals surface area contributed by atoms with Gasteiger partial charge in [-0.1, -0.05) is 191 Å². The second kappa shape index (κ2) is 42.6. The molecule has 1 rings (SSSR count). The van der Waals surface area contributed by atoms with E-state index in [1.807, 2.05) is 0 Å². The number of carbonyl (C=O) groups is 2. The van der Waals surface area contributed by atoms with Crippen molar-refractivity contribution in [2.75, 3.05) is 19.8 Å². The summed E-state index contributed by atoms with van der Waals surface area (Å²) in [4.78, 5) is 25.4. The van der Waals surface area contributed by atoms with E-state index >= 15 is 0 Å². The largest absolute Gasteiger partial charge is 0.462 e. The van der Waals surface area contributed by atoms with E-state index in [1.54, 1.807) is 0 Å². The van der Waals surface area contributed by atoms with Crippen molar-refractivity contribution in [1.29, 1.82) is 0 Å². The summed E-state index contributed by atoms with van der Waals surface area (Å²) in [6.45, 7) is 3.39. The Morgan fingerprint density at radius 2 is 0.903 bits per heavy atom. The first-order valence-corrected chi connectivity index (χ1v) is 25.2. The molecule has 0 radical (unpaired) electrons. The van der Waals surface area contributed by atoms with Gasteiger partial charge in [-0.15, -0.1) is 0 Å². The van der Waals surface area contributed by atoms with Crippen LogP contribution in [0.1, 0.15) is 213 Å². The van der Waals surface area contributed by atoms with Crippen molar-refractivity contribution in [2.45, 2.75) is 250 Å². The van der Waals surface area contributed by atoms with Gasteiger partial charge in [0.25, 0.3) is 0 Å². The van der Waals surface area contributed by atoms with Crippen molar-refractivity contribution >= 4 is 11.9 Å². The number of hydrogen-bond donors (Lipinski definition) is 4. The summed E-state index contributed by atoms with van der Waals surface area (Å²) in [5, 5.41) is 40.2. The molecule has 2 unspecified atom stereocenters. The predicted octanol–water partition coefficient (Wildman–Crippen LogP) is 11.6. The fourth-order valence-corrected chi connectivity index (χ4v) is 7.47. The van der Waals surface area contributed by atoms with Gasteiger partial charge in [0, 0.05) is 12.8 Å². The van der Waals surface area contributed by atoms with E-state index in [4.69, 9.17) is 18.9 Å². The Bertz CT molecular complexity index is 1150. The number of carbonyl (C=O) groups excluding carboxylic acids is 2. The molecule has 1 aliphatic rings. The van der Waals surface area contributed by atoms with Crippen LogP contribution in [0.5, 0.6) is 0 Å². The molecular weight excluding hydrogens is 785 g/mol. The molecule has 1 heterocycles. The molecule has 0 aromatic carbocycles. The highest BCUT2D eigenvalue weighted by molar-refractivity contribution is 5.70. The maximum Gasteiger partial charge on any atom is 0.306 e. The first-order valence-electron chi connectivity index (χ1n) is 25.2. The van der Waals surface area contributed by atoms with Crippen LogP contribution in [0.4, 0.5) is 0 Å². The van der Waals surface area contributed by atoms with Crippen LogP contribution >= 0.6 is 0 Å². The number of ether oxygens (including phenoxy) is 4. The summed E-state index contributed by atoms with van der Waals surface area (Å²) in [6, 6.07) is 0. The van der Waals surface area contributed by atoms with E-state index in [0.29, 0.717) is 12.8 Å². The molecule has 6 atom stereocenters. The van der Waals surface area contributed by atoms with Crippen LogP contribution in [-0.2, 0) is 28.5 Å². The molecule has 0 spiro atoms. The first kappa shape index (κ1) is 57.7. The number of allylic oxidation sites excluding steroid dienone is 8. The van der Waals surface area contributed by atoms with E-state index in [-0.39, 0.29) is 26.1 Å². The molecule has 0 saturated carbocycles. The molecule has 0 aliphatic carbocycles. The Morgan fingerprint density at radius 1 is 0.500 bits per heavy atom. The normalized spacial score (nSPS) is 20.0. The summed E-state index contributed by atoms with van der Waals surface area (Å²) >= 11 is 0. The van der Waals surface area contributed by atoms with Gasteiger partial charge in [-0.2, -0.15) is 0 Å². The Kier molecular flexibility index (Phi) is 39.6. The lowest BCUT2D eigenvalue weighted by molar-refractivity contribution is -0.305. The van der Waals surface area contributed by atoms with Crippen LogP contribution in [0.3, 0.4) is 0 Å². The summed E-state index contributed by atoms with van der Waals surface area (Å²) in [6.07, 6.45) is 44.0. The highest BCUT2D eigenvalue weighted by atomic mass is 16.7. The lowest BCUT2D eigenvalue weighted by Crippen LogP contribution is -2.59. The molecule has 0 aromatic rings. The Labute approximate surface area is 378 Å². The Balaban J connectivity index is 2.30. The van der Waals surface area contributed by atoms with Crippen molar-refractivity contribution in [1.82, 2.24) is 0 Å². The van der Waals surface area contributed by atoms with Gasteiger partial charge in [0.1, 0.15) is 31.0 Å². The minimum absolute atomic E-state index is 0.225. The second-order valence-corrected chi connectivity index (χ2v) is 17.3. The summed E-state index contributed by atoms with van der Waals surface area (Å²) in [5.41, 5.74) is 0. The van der Waals surface area contributed by atoms with Crippen molar-refractivity contribution in [2.24, 2.45) is 0 Å². The molecule has 10 nitrogen and oxygen atoms in total. The molecule has 360 valence electrons. The van der Waals surface area contributed by atoms with Gasteiger partial charge >= 0.3 is 11.9 Å². The van der Waals surface area contributed by atoms with E-state index in [1.165, 1.54) is 116 Å². The fourth-order valence-electron chi connectivity index (χ4n) is 7.47. The lowest BCUT2D eigenvalue weighted by atomic mass is 9.99. The van der Waals surface area contributed by atoms with Crippen molar-refractivity contribution in [3.63, 3.8) is 0 Å². The SMILES string of the molecule is CCCCC/C=C/C/C=C/C/C=C/C/C=C/CCCCCC(=O)OC[C@@H](CO[C@H]1O[C@@H](CO)[C@@H](O)C(O)C1O)OC(=O)CCCCCCCCCCCCCCCCCCCC. The number of aliphatic hydroxyl groups is 4. The predicted molar refractivity (Wildman–Crippen MR) is 252 cm³/mol. The van der Waals surface area contributed by atoms with Gasteiger partial charge in [-0.3, -0.25) is 9.59 Å². The van der Waals surface area contributed by atoms with Crippen LogP contribution < -0.4 is 0 Å². The Morgan fingerprint density at radius 3 is 1.39 bits per heavy atom. The number of unbranched alkanes of at least 4 members (excludes halogenated alkanes) is 23. The molecule has 1 aliphatic heterocycles. The molecule has 0 amide bonds. The standard InChI is InChI=1S/C52H92O10/c1-3-5-7-9-11-13-15-17-19-21-23-25-26-28-30-32-34-36-38-40-47(54)59-43-45(44-60-52-51(58)50(57)49(56)46(42-53)62-52)61-48(55)41-39-37-35-33-31-29-27-24-22-20-18-16-14-12-10-8-6-4-2/h11,13,17,19,23,25,28,30,45-46,49-53,56-58H,3-10,12,14-16,18,20-22,24,26-27,29,31-44H2,1-2H3/b13-11+,19-17+,25-23+,30-28+/t45-,46-,49+,50?,51?,52-/m0/s1. The Hall–Kier alpha value is -2.34. The monoisotopic (exact) mass is 877 g/mol. The highest BCUT2D eigenvalue weighted by Gasteiger charge is 2.44. The summed E-state index contributed by atoms with van der Waals surface area (Å²) in [7, 11) is 0. The third-order valence-electron chi connectivity index (χ3n) is 11.5. The van der Waals surface area contributed by atoms with Crippen molar-refractivity contribution < 1.29 is 49.0 Å². The summed E-state index contributed by atoms with van der Waals surface area (Å²) < 4.78 is 22.2. The number of rotatable bonds is 42. The molecule has 0 bridgehead atoms. The lowest BCUT2D eigenvalue weighted by Gasteiger charge is -2.39. The van der Waals surface area contributed by atoms with Crippen LogP contribution in [0.2, 0.25) is 0 Å². The zero-order valence-electron chi connectivity index (χ0n) is 39.4. The molecular formula is C52H92O10. The van der Waals surface area contributed by atoms with Crippen LogP contribution in [0.25, 0.3) is 0 Å². The fraction of sp³-hybridized carbons (Fsp3) is 0.808. The molecule has 1 saturated heterocycles. The van der Waals surface area contributed by atoms with E-state index in [9.17, 15) is 30.0 Å². The molecule has 10 heteroatoms. The zero-order chi connectivity index (χ0) is 45.1. The number of hydrogen-bond acceptors (Lipinski definition) is 10. The van der Waals surface area contributed by atoms with Gasteiger partial charge in [-0.25, -0.2) is 0 Å². The van der Waals surface area contributed by atoms with E-state index in [2.05, 4.69) is 62.5 Å². The average molecular weight is 877 g/mol. The molecule has 0 aromatic heterocycles. The van der Waals surface area contributed by atoms with Gasteiger partial charge in [0.15, 0.2) is 12.4 Å². The quantitative estimate of drug-likeness (QED) is 0.0265. The smallest absolute Gasteiger partial charge is 0.306 e. The molecule has 62 heavy (non-hydrogen) atoms. The van der Waals surface area contributed by atoms with Crippen LogP contribution in [0.15, 0.2) is 48.6 Å². The number of esters is 2. The van der Waals surface area contributed by atoms with Crippen LogP contribution in [-0.4, -0.2) is 89.0 Å². The minimum Gasteiger partial charge on any atom is -0.462 e. The maximum absolute atomic E-state index is 12.8. The zero-order valence-corrected chi connectivity index (χ0v) is 39.4. The van der Waals surface area contributed by atoms with Gasteiger partial charge in [-0.05, 0) is 57.8 Å². The van der Waals surface area contributed by atoms with Crippen molar-refractivity contribution in [3.05, 3.63) is 48.6 Å². The molecule has 1 fully saturated rings.